The molecule has 0 aromatic rings. The predicted octanol–water partition coefficient (Wildman–Crippen LogP) is -4.02. The molecule has 2 fully saturated rings. The summed E-state index contributed by atoms with van der Waals surface area (Å²) in [5, 5.41) is 49.0. The van der Waals surface area contributed by atoms with Gasteiger partial charge in [0.25, 0.3) is 0 Å². The second-order valence-electron chi connectivity index (χ2n) is 5.65. The molecule has 124 valence electrons. The fourth-order valence-electron chi connectivity index (χ4n) is 2.72. The molecule has 0 bridgehead atoms. The van der Waals surface area contributed by atoms with Crippen molar-refractivity contribution in [1.29, 1.82) is 0 Å². The van der Waals surface area contributed by atoms with Gasteiger partial charge in [0.05, 0.1) is 12.2 Å². The Morgan fingerprint density at radius 2 is 1.57 bits per heavy atom. The maximum Gasteiger partial charge on any atom is 0.187 e. The highest BCUT2D eigenvalue weighted by molar-refractivity contribution is 4.93. The summed E-state index contributed by atoms with van der Waals surface area (Å²) in [6.45, 7) is -0.0640. The van der Waals surface area contributed by atoms with Crippen molar-refractivity contribution in [2.45, 2.75) is 67.9 Å². The van der Waals surface area contributed by atoms with Gasteiger partial charge in [0.1, 0.15) is 30.5 Å². The second kappa shape index (κ2) is 6.82. The topological polar surface area (TPSA) is 172 Å². The number of aliphatic hydroxyl groups excluding tert-OH is 5. The lowest BCUT2D eigenvalue weighted by Gasteiger charge is -2.43. The molecule has 1 heterocycles. The van der Waals surface area contributed by atoms with Crippen LogP contribution in [0.25, 0.3) is 0 Å². The van der Waals surface area contributed by atoms with E-state index in [1.54, 1.807) is 0 Å². The van der Waals surface area contributed by atoms with E-state index in [4.69, 9.17) is 20.9 Å². The Morgan fingerprint density at radius 1 is 0.905 bits per heavy atom. The summed E-state index contributed by atoms with van der Waals surface area (Å²) in [6.07, 6.45) is -8.74. The van der Waals surface area contributed by atoms with Crippen molar-refractivity contribution in [3.8, 4) is 0 Å². The molecule has 2 rings (SSSR count). The van der Waals surface area contributed by atoms with E-state index in [1.807, 2.05) is 0 Å². The molecule has 0 aromatic heterocycles. The van der Waals surface area contributed by atoms with Gasteiger partial charge in [0.2, 0.25) is 0 Å². The Morgan fingerprint density at radius 3 is 2.19 bits per heavy atom. The van der Waals surface area contributed by atoms with Crippen LogP contribution in [0, 0.1) is 0 Å². The van der Waals surface area contributed by atoms with Gasteiger partial charge in [-0.1, -0.05) is 0 Å². The molecule has 0 unspecified atom stereocenters. The van der Waals surface area contributed by atoms with Crippen LogP contribution in [0.4, 0.5) is 0 Å². The van der Waals surface area contributed by atoms with Crippen molar-refractivity contribution >= 4 is 0 Å². The number of aliphatic hydroxyl groups is 5. The number of ether oxygens (including phenoxy) is 2. The molecule has 9 nitrogen and oxygen atoms in total. The van der Waals surface area contributed by atoms with Crippen LogP contribution in [0.2, 0.25) is 0 Å². The smallest absolute Gasteiger partial charge is 0.187 e. The van der Waals surface area contributed by atoms with Gasteiger partial charge in [0.15, 0.2) is 6.29 Å². The Labute approximate surface area is 122 Å². The standard InChI is InChI=1S/C12H24N2O7/c13-3-6-9(17)10(18)11(19)12(21-6)20-5-2-1-4(14)7(15)8(5)16/h4-12,15-19H,1-3,13-14H2/t4-,5-,6+,7+,8+,9+,10-,11+,12-/m0/s1. The molecule has 9 atom stereocenters. The minimum absolute atomic E-state index is 0.0640. The molecular formula is C12H24N2O7. The van der Waals surface area contributed by atoms with E-state index in [1.165, 1.54) is 0 Å². The van der Waals surface area contributed by atoms with E-state index < -0.39 is 55.1 Å². The maximum absolute atomic E-state index is 9.94. The normalized spacial score (nSPS) is 51.9. The molecular weight excluding hydrogens is 284 g/mol. The zero-order valence-electron chi connectivity index (χ0n) is 11.5. The van der Waals surface area contributed by atoms with Gasteiger partial charge in [-0.2, -0.15) is 0 Å². The van der Waals surface area contributed by atoms with Crippen molar-refractivity contribution < 1.29 is 35.0 Å². The molecule has 2 aliphatic rings. The third-order valence-corrected chi connectivity index (χ3v) is 4.16. The zero-order chi connectivity index (χ0) is 15.7. The van der Waals surface area contributed by atoms with Crippen LogP contribution >= 0.6 is 0 Å². The Kier molecular flexibility index (Phi) is 5.52. The molecule has 0 aromatic carbocycles. The summed E-state index contributed by atoms with van der Waals surface area (Å²) in [6, 6.07) is -0.541. The van der Waals surface area contributed by atoms with Crippen LogP contribution in [0.1, 0.15) is 12.8 Å². The molecule has 0 radical (unpaired) electrons. The van der Waals surface area contributed by atoms with Gasteiger partial charge in [0, 0.05) is 12.6 Å². The van der Waals surface area contributed by atoms with Crippen LogP contribution in [0.3, 0.4) is 0 Å². The van der Waals surface area contributed by atoms with E-state index in [2.05, 4.69) is 0 Å². The Bertz CT molecular complexity index is 346. The van der Waals surface area contributed by atoms with Crippen molar-refractivity contribution in [1.82, 2.24) is 0 Å². The fraction of sp³-hybridized carbons (Fsp3) is 1.00. The number of rotatable bonds is 3. The van der Waals surface area contributed by atoms with Crippen molar-refractivity contribution in [2.75, 3.05) is 6.54 Å². The maximum atomic E-state index is 9.94. The van der Waals surface area contributed by atoms with Crippen LogP contribution in [-0.4, -0.2) is 87.1 Å². The van der Waals surface area contributed by atoms with Gasteiger partial charge in [-0.05, 0) is 12.8 Å². The third-order valence-electron chi connectivity index (χ3n) is 4.16. The third kappa shape index (κ3) is 3.36. The first kappa shape index (κ1) is 17.0. The largest absolute Gasteiger partial charge is 0.389 e. The van der Waals surface area contributed by atoms with Crippen LogP contribution < -0.4 is 11.5 Å². The summed E-state index contributed by atoms with van der Waals surface area (Å²) in [4.78, 5) is 0. The summed E-state index contributed by atoms with van der Waals surface area (Å²) in [5.74, 6) is 0. The molecule has 9 heteroatoms. The van der Waals surface area contributed by atoms with E-state index in [9.17, 15) is 25.5 Å². The lowest BCUT2D eigenvalue weighted by molar-refractivity contribution is -0.316. The van der Waals surface area contributed by atoms with Crippen LogP contribution in [-0.2, 0) is 9.47 Å². The molecule has 0 amide bonds. The van der Waals surface area contributed by atoms with Gasteiger partial charge in [-0.25, -0.2) is 0 Å². The molecule has 1 aliphatic carbocycles. The molecule has 1 saturated carbocycles. The average molecular weight is 308 g/mol. The Hall–Kier alpha value is -0.360. The van der Waals surface area contributed by atoms with Crippen molar-refractivity contribution in [3.05, 3.63) is 0 Å². The summed E-state index contributed by atoms with van der Waals surface area (Å²) >= 11 is 0. The summed E-state index contributed by atoms with van der Waals surface area (Å²) in [7, 11) is 0. The monoisotopic (exact) mass is 308 g/mol. The summed E-state index contributed by atoms with van der Waals surface area (Å²) < 4.78 is 10.8. The number of hydrogen-bond donors (Lipinski definition) is 7. The van der Waals surface area contributed by atoms with E-state index >= 15 is 0 Å². The molecule has 9 N–H and O–H groups in total. The van der Waals surface area contributed by atoms with Gasteiger partial charge in [-0.3, -0.25) is 0 Å². The lowest BCUT2D eigenvalue weighted by Crippen LogP contribution is -2.62. The SMILES string of the molecule is NC[C@H]1O[C@H](O[C@H]2CC[C@H](N)[C@@H](O)[C@@H]2O)[C@H](O)[C@@H](O)[C@@H]1O. The van der Waals surface area contributed by atoms with Gasteiger partial charge in [-0.15, -0.1) is 0 Å². The molecule has 1 saturated heterocycles. The molecule has 1 aliphatic heterocycles. The van der Waals surface area contributed by atoms with Crippen LogP contribution in [0.5, 0.6) is 0 Å². The predicted molar refractivity (Wildman–Crippen MR) is 69.8 cm³/mol. The zero-order valence-corrected chi connectivity index (χ0v) is 11.5. The average Bonchev–Trinajstić information content (AvgIpc) is 2.48. The molecule has 21 heavy (non-hydrogen) atoms. The second-order valence-corrected chi connectivity index (χ2v) is 5.65. The first-order valence-corrected chi connectivity index (χ1v) is 7.03. The van der Waals surface area contributed by atoms with Crippen LogP contribution in [0.15, 0.2) is 0 Å². The first-order chi connectivity index (χ1) is 9.86. The highest BCUT2D eigenvalue weighted by atomic mass is 16.7. The van der Waals surface area contributed by atoms with E-state index in [0.29, 0.717) is 12.8 Å². The first-order valence-electron chi connectivity index (χ1n) is 7.03. The Balaban J connectivity index is 2.01. The lowest BCUT2D eigenvalue weighted by atomic mass is 9.88. The number of hydrogen-bond acceptors (Lipinski definition) is 9. The quantitative estimate of drug-likeness (QED) is 0.274. The minimum atomic E-state index is -1.48. The highest BCUT2D eigenvalue weighted by Gasteiger charge is 2.46. The van der Waals surface area contributed by atoms with E-state index in [-0.39, 0.29) is 6.54 Å². The van der Waals surface area contributed by atoms with Crippen molar-refractivity contribution in [2.24, 2.45) is 11.5 Å². The van der Waals surface area contributed by atoms with E-state index in [0.717, 1.165) is 0 Å². The summed E-state index contributed by atoms with van der Waals surface area (Å²) in [5.41, 5.74) is 11.1. The van der Waals surface area contributed by atoms with Gasteiger partial charge < -0.3 is 46.5 Å². The van der Waals surface area contributed by atoms with Gasteiger partial charge >= 0.3 is 0 Å². The number of nitrogens with two attached hydrogens (primary N) is 2. The molecule has 0 spiro atoms. The minimum Gasteiger partial charge on any atom is -0.389 e. The highest BCUT2D eigenvalue weighted by Crippen LogP contribution is 2.27. The fourth-order valence-corrected chi connectivity index (χ4v) is 2.72. The van der Waals surface area contributed by atoms with Crippen molar-refractivity contribution in [3.63, 3.8) is 0 Å².